The van der Waals surface area contributed by atoms with Gasteiger partial charge in [-0.3, -0.25) is 14.9 Å². The Balaban J connectivity index is 2.97. The molecule has 1 aromatic carbocycles. The lowest BCUT2D eigenvalue weighted by Crippen LogP contribution is -2.04. The number of nitrogens with zero attached hydrogens (tertiary/aromatic N) is 1. The Labute approximate surface area is 104 Å². The van der Waals surface area contributed by atoms with E-state index >= 15 is 0 Å². The molecule has 0 bridgehead atoms. The summed E-state index contributed by atoms with van der Waals surface area (Å²) in [6.45, 7) is 1.85. The summed E-state index contributed by atoms with van der Waals surface area (Å²) < 4.78 is 5.19. The van der Waals surface area contributed by atoms with Crippen LogP contribution in [0.25, 0.3) is 0 Å². The number of Topliss-reactive ketones (excluding diaryl/α,β-unsaturated/α-hetero) is 1. The first kappa shape index (κ1) is 14.1. The molecule has 0 amide bonds. The van der Waals surface area contributed by atoms with Crippen LogP contribution in [0.3, 0.4) is 0 Å². The maximum atomic E-state index is 11.5. The number of rotatable bonds is 7. The van der Waals surface area contributed by atoms with E-state index in [4.69, 9.17) is 9.84 Å². The number of ether oxygens (including phenoxy) is 1. The third kappa shape index (κ3) is 3.53. The van der Waals surface area contributed by atoms with Gasteiger partial charge in [0.05, 0.1) is 11.5 Å². The summed E-state index contributed by atoms with van der Waals surface area (Å²) in [4.78, 5) is 21.8. The molecule has 0 unspecified atom stereocenters. The molecule has 1 aromatic rings. The summed E-state index contributed by atoms with van der Waals surface area (Å²) in [6.07, 6.45) is 0.689. The van der Waals surface area contributed by atoms with Crippen LogP contribution in [0.2, 0.25) is 0 Å². The lowest BCUT2D eigenvalue weighted by atomic mass is 10.1. The number of ketones is 1. The zero-order valence-electron chi connectivity index (χ0n) is 10.1. The number of aliphatic hydroxyl groups excluding tert-OH is 1. The van der Waals surface area contributed by atoms with Crippen LogP contribution >= 0.6 is 0 Å². The number of hydrogen-bond donors (Lipinski definition) is 1. The van der Waals surface area contributed by atoms with Crippen molar-refractivity contribution in [2.45, 2.75) is 19.8 Å². The summed E-state index contributed by atoms with van der Waals surface area (Å²) in [5.74, 6) is -0.0406. The molecule has 6 heteroatoms. The molecule has 0 aliphatic heterocycles. The number of carbonyl (C=O) groups excluding carboxylic acids is 1. The van der Waals surface area contributed by atoms with Crippen LogP contribution in [0, 0.1) is 10.1 Å². The van der Waals surface area contributed by atoms with E-state index in [-0.39, 0.29) is 30.4 Å². The van der Waals surface area contributed by atoms with Gasteiger partial charge in [-0.05, 0) is 12.1 Å². The molecule has 0 saturated heterocycles. The van der Waals surface area contributed by atoms with Crippen LogP contribution in [0.15, 0.2) is 18.2 Å². The molecule has 0 atom stereocenters. The van der Waals surface area contributed by atoms with Gasteiger partial charge in [0, 0.05) is 31.1 Å². The fraction of sp³-hybridized carbons (Fsp3) is 0.417. The van der Waals surface area contributed by atoms with Gasteiger partial charge in [-0.15, -0.1) is 0 Å². The van der Waals surface area contributed by atoms with E-state index in [2.05, 4.69) is 0 Å². The van der Waals surface area contributed by atoms with Crippen molar-refractivity contribution in [1.82, 2.24) is 0 Å². The van der Waals surface area contributed by atoms with Crippen molar-refractivity contribution < 1.29 is 19.6 Å². The van der Waals surface area contributed by atoms with Gasteiger partial charge in [-0.1, -0.05) is 6.92 Å². The molecule has 18 heavy (non-hydrogen) atoms. The minimum absolute atomic E-state index is 0.0415. The topological polar surface area (TPSA) is 89.7 Å². The Morgan fingerprint density at radius 3 is 2.78 bits per heavy atom. The van der Waals surface area contributed by atoms with Crippen molar-refractivity contribution in [3.05, 3.63) is 33.9 Å². The molecule has 6 nitrogen and oxygen atoms in total. The Kier molecular flexibility index (Phi) is 5.26. The van der Waals surface area contributed by atoms with Gasteiger partial charge in [0.1, 0.15) is 0 Å². The molecule has 0 aliphatic rings. The standard InChI is InChI=1S/C12H15NO5/c1-2-11(15)9-4-5-12(18-7-3-6-14)10(8-9)13(16)17/h4-5,8,14H,2-3,6-7H2,1H3. The van der Waals surface area contributed by atoms with E-state index < -0.39 is 4.92 Å². The molecule has 0 fully saturated rings. The SMILES string of the molecule is CCC(=O)c1ccc(OCCCO)c([N+](=O)[O-])c1. The highest BCUT2D eigenvalue weighted by Crippen LogP contribution is 2.28. The second-order valence-electron chi connectivity index (χ2n) is 3.64. The molecular weight excluding hydrogens is 238 g/mol. The summed E-state index contributed by atoms with van der Waals surface area (Å²) >= 11 is 0. The fourth-order valence-electron chi connectivity index (χ4n) is 1.41. The first-order valence-corrected chi connectivity index (χ1v) is 5.65. The van der Waals surface area contributed by atoms with Crippen LogP contribution in [-0.2, 0) is 0 Å². The lowest BCUT2D eigenvalue weighted by Gasteiger charge is -2.07. The third-order valence-corrected chi connectivity index (χ3v) is 2.36. The number of carbonyl (C=O) groups is 1. The normalized spacial score (nSPS) is 10.1. The largest absolute Gasteiger partial charge is 0.487 e. The Morgan fingerprint density at radius 2 is 2.22 bits per heavy atom. The summed E-state index contributed by atoms with van der Waals surface area (Å²) in [7, 11) is 0. The van der Waals surface area contributed by atoms with Crippen LogP contribution < -0.4 is 4.74 Å². The molecule has 0 saturated carbocycles. The Morgan fingerprint density at radius 1 is 1.50 bits per heavy atom. The number of benzene rings is 1. The van der Waals surface area contributed by atoms with Crippen molar-refractivity contribution in [2.24, 2.45) is 0 Å². The van der Waals surface area contributed by atoms with Crippen LogP contribution in [0.1, 0.15) is 30.1 Å². The molecule has 98 valence electrons. The third-order valence-electron chi connectivity index (χ3n) is 2.36. The van der Waals surface area contributed by atoms with Crippen molar-refractivity contribution in [3.8, 4) is 5.75 Å². The Bertz CT molecular complexity index is 444. The molecule has 1 N–H and O–H groups in total. The van der Waals surface area contributed by atoms with Crippen molar-refractivity contribution in [1.29, 1.82) is 0 Å². The van der Waals surface area contributed by atoms with E-state index in [1.165, 1.54) is 18.2 Å². The number of nitro groups is 1. The van der Waals surface area contributed by atoms with Gasteiger partial charge in [0.2, 0.25) is 0 Å². The van der Waals surface area contributed by atoms with Crippen molar-refractivity contribution in [2.75, 3.05) is 13.2 Å². The van der Waals surface area contributed by atoms with E-state index in [9.17, 15) is 14.9 Å². The smallest absolute Gasteiger partial charge is 0.311 e. The average molecular weight is 253 g/mol. The van der Waals surface area contributed by atoms with Crippen LogP contribution in [0.5, 0.6) is 5.75 Å². The molecular formula is C12H15NO5. The van der Waals surface area contributed by atoms with E-state index in [1.54, 1.807) is 6.92 Å². The predicted octanol–water partition coefficient (Wildman–Crippen LogP) is 1.95. The molecule has 0 spiro atoms. The number of hydrogen-bond acceptors (Lipinski definition) is 5. The fourth-order valence-corrected chi connectivity index (χ4v) is 1.41. The maximum Gasteiger partial charge on any atom is 0.311 e. The molecule has 0 radical (unpaired) electrons. The first-order chi connectivity index (χ1) is 8.60. The van der Waals surface area contributed by atoms with Gasteiger partial charge in [-0.2, -0.15) is 0 Å². The number of aliphatic hydroxyl groups is 1. The van der Waals surface area contributed by atoms with Gasteiger partial charge < -0.3 is 9.84 Å². The maximum absolute atomic E-state index is 11.5. The first-order valence-electron chi connectivity index (χ1n) is 5.65. The van der Waals surface area contributed by atoms with Gasteiger partial charge in [0.25, 0.3) is 0 Å². The lowest BCUT2D eigenvalue weighted by molar-refractivity contribution is -0.385. The number of nitro benzene ring substituents is 1. The zero-order valence-corrected chi connectivity index (χ0v) is 10.1. The highest BCUT2D eigenvalue weighted by atomic mass is 16.6. The van der Waals surface area contributed by atoms with Crippen molar-refractivity contribution in [3.63, 3.8) is 0 Å². The molecule has 0 heterocycles. The van der Waals surface area contributed by atoms with E-state index in [1.807, 2.05) is 0 Å². The Hall–Kier alpha value is -1.95. The predicted molar refractivity (Wildman–Crippen MR) is 64.9 cm³/mol. The summed E-state index contributed by atoms with van der Waals surface area (Å²) in [5, 5.41) is 19.5. The van der Waals surface area contributed by atoms with Gasteiger partial charge >= 0.3 is 5.69 Å². The molecule has 1 rings (SSSR count). The molecule has 0 aromatic heterocycles. The summed E-state index contributed by atoms with van der Waals surface area (Å²) in [5.41, 5.74) is 0.0750. The van der Waals surface area contributed by atoms with Crippen LogP contribution in [0.4, 0.5) is 5.69 Å². The van der Waals surface area contributed by atoms with E-state index in [0.717, 1.165) is 0 Å². The average Bonchev–Trinajstić information content (AvgIpc) is 2.38. The minimum atomic E-state index is -0.583. The summed E-state index contributed by atoms with van der Waals surface area (Å²) in [6, 6.07) is 4.14. The minimum Gasteiger partial charge on any atom is -0.487 e. The monoisotopic (exact) mass is 253 g/mol. The zero-order chi connectivity index (χ0) is 13.5. The van der Waals surface area contributed by atoms with Gasteiger partial charge in [0.15, 0.2) is 11.5 Å². The molecule has 0 aliphatic carbocycles. The highest BCUT2D eigenvalue weighted by Gasteiger charge is 2.17. The van der Waals surface area contributed by atoms with Crippen molar-refractivity contribution >= 4 is 11.5 Å². The quantitative estimate of drug-likeness (QED) is 0.347. The van der Waals surface area contributed by atoms with Gasteiger partial charge in [-0.25, -0.2) is 0 Å². The second-order valence-corrected chi connectivity index (χ2v) is 3.64. The highest BCUT2D eigenvalue weighted by molar-refractivity contribution is 5.96. The second kappa shape index (κ2) is 6.70. The van der Waals surface area contributed by atoms with Crippen LogP contribution in [-0.4, -0.2) is 29.0 Å². The van der Waals surface area contributed by atoms with E-state index in [0.29, 0.717) is 18.4 Å².